The Morgan fingerprint density at radius 3 is 2.47 bits per heavy atom. The second kappa shape index (κ2) is 16.3. The third-order valence-electron chi connectivity index (χ3n) is 9.79. The van der Waals surface area contributed by atoms with Gasteiger partial charge in [-0.3, -0.25) is 14.4 Å². The van der Waals surface area contributed by atoms with Gasteiger partial charge in [0.1, 0.15) is 11.5 Å². The van der Waals surface area contributed by atoms with Crippen LogP contribution in [0.3, 0.4) is 0 Å². The molecule has 4 aromatic rings. The molecular weight excluding hydrogens is 706 g/mol. The lowest BCUT2D eigenvalue weighted by molar-refractivity contribution is -0.186. The molecule has 53 heavy (non-hydrogen) atoms. The number of anilines is 2. The van der Waals surface area contributed by atoms with Gasteiger partial charge in [-0.15, -0.1) is 0 Å². The van der Waals surface area contributed by atoms with Crippen LogP contribution < -0.4 is 19.8 Å². The molecule has 14 nitrogen and oxygen atoms in total. The lowest BCUT2D eigenvalue weighted by Gasteiger charge is -2.32. The predicted molar refractivity (Wildman–Crippen MR) is 197 cm³/mol. The number of piperidine rings is 1. The van der Waals surface area contributed by atoms with Gasteiger partial charge < -0.3 is 19.1 Å². The molecule has 2 aromatic heterocycles. The first kappa shape index (κ1) is 36.9. The van der Waals surface area contributed by atoms with Crippen molar-refractivity contribution in [2.24, 2.45) is 0 Å². The number of benzene rings is 2. The number of amides is 1. The molecule has 16 heteroatoms. The fourth-order valence-electron chi connectivity index (χ4n) is 7.07. The van der Waals surface area contributed by atoms with Crippen molar-refractivity contribution in [3.05, 3.63) is 71.2 Å². The van der Waals surface area contributed by atoms with Crippen molar-refractivity contribution in [3.63, 3.8) is 0 Å². The first-order chi connectivity index (χ1) is 25.6. The van der Waals surface area contributed by atoms with Crippen molar-refractivity contribution in [3.8, 4) is 17.1 Å². The van der Waals surface area contributed by atoms with Crippen LogP contribution in [0.4, 0.5) is 16.0 Å². The number of carbonyl (C=O) groups is 1. The molecule has 3 fully saturated rings. The van der Waals surface area contributed by atoms with Gasteiger partial charge in [0.25, 0.3) is 5.91 Å². The van der Waals surface area contributed by atoms with Crippen molar-refractivity contribution in [1.82, 2.24) is 25.3 Å². The minimum absolute atomic E-state index is 0.0950. The summed E-state index contributed by atoms with van der Waals surface area (Å²) >= 11 is 0. The zero-order valence-electron chi connectivity index (χ0n) is 29.8. The largest absolute Gasteiger partial charge is 0.480 e. The van der Waals surface area contributed by atoms with Crippen molar-refractivity contribution in [1.29, 1.82) is 0 Å². The van der Waals surface area contributed by atoms with E-state index in [2.05, 4.69) is 20.1 Å². The Balaban J connectivity index is 1.10. The van der Waals surface area contributed by atoms with Crippen LogP contribution >= 0.6 is 0 Å². The van der Waals surface area contributed by atoms with Crippen LogP contribution in [0.1, 0.15) is 59.5 Å². The van der Waals surface area contributed by atoms with Gasteiger partial charge in [0.05, 0.1) is 37.8 Å². The number of sulfonamides is 1. The normalized spacial score (nSPS) is 18.9. The van der Waals surface area contributed by atoms with Crippen LogP contribution in [0.15, 0.2) is 48.7 Å². The number of halogens is 1. The molecule has 5 heterocycles. The molecule has 1 atom stereocenters. The van der Waals surface area contributed by atoms with Crippen molar-refractivity contribution < 1.29 is 36.7 Å². The van der Waals surface area contributed by atoms with Crippen LogP contribution in [0, 0.1) is 5.82 Å². The Morgan fingerprint density at radius 2 is 1.77 bits per heavy atom. The number of rotatable bonds is 11. The fourth-order valence-corrected chi connectivity index (χ4v) is 7.62. The summed E-state index contributed by atoms with van der Waals surface area (Å²) in [6.45, 7) is 4.91. The van der Waals surface area contributed by atoms with E-state index in [9.17, 15) is 13.2 Å². The van der Waals surface area contributed by atoms with E-state index in [-0.39, 0.29) is 17.5 Å². The molecule has 3 aliphatic rings. The van der Waals surface area contributed by atoms with Gasteiger partial charge in [0, 0.05) is 55.4 Å². The number of methoxy groups -OCH3 is 1. The predicted octanol–water partition coefficient (Wildman–Crippen LogP) is 4.62. The summed E-state index contributed by atoms with van der Waals surface area (Å²) in [5, 5.41) is 0.491. The molecule has 3 aliphatic heterocycles. The Kier molecular flexibility index (Phi) is 11.3. The summed E-state index contributed by atoms with van der Waals surface area (Å²) < 4.78 is 58.6. The maximum Gasteiger partial charge on any atom is 0.274 e. The summed E-state index contributed by atoms with van der Waals surface area (Å²) in [5.74, 6) is 0.155. The van der Waals surface area contributed by atoms with Crippen LogP contribution in [0.2, 0.25) is 0 Å². The molecule has 0 bridgehead atoms. The van der Waals surface area contributed by atoms with E-state index in [1.807, 2.05) is 29.2 Å². The molecule has 3 saturated heterocycles. The maximum atomic E-state index is 15.5. The second-order valence-corrected chi connectivity index (χ2v) is 15.4. The molecule has 2 N–H and O–H groups in total. The number of hydrogen-bond donors (Lipinski definition) is 2. The molecule has 0 saturated carbocycles. The van der Waals surface area contributed by atoms with Gasteiger partial charge >= 0.3 is 0 Å². The van der Waals surface area contributed by atoms with Crippen LogP contribution in [-0.2, 0) is 30.9 Å². The maximum absolute atomic E-state index is 15.5. The highest BCUT2D eigenvalue weighted by Crippen LogP contribution is 2.36. The van der Waals surface area contributed by atoms with E-state index in [0.717, 1.165) is 57.0 Å². The average Bonchev–Trinajstić information content (AvgIpc) is 3.17. The van der Waals surface area contributed by atoms with Crippen molar-refractivity contribution in [2.75, 3.05) is 69.0 Å². The molecule has 2 aromatic carbocycles. The summed E-state index contributed by atoms with van der Waals surface area (Å²) in [4.78, 5) is 36.6. The van der Waals surface area contributed by atoms with Crippen molar-refractivity contribution in [2.45, 2.75) is 50.9 Å². The van der Waals surface area contributed by atoms with E-state index in [1.165, 1.54) is 31.0 Å². The average molecular weight is 750 g/mol. The van der Waals surface area contributed by atoms with Gasteiger partial charge in [-0.2, -0.15) is 0 Å². The summed E-state index contributed by atoms with van der Waals surface area (Å²) in [6, 6.07) is 12.2. The number of hydroxylamine groups is 1. The quantitative estimate of drug-likeness (QED) is 0.206. The zero-order valence-corrected chi connectivity index (χ0v) is 30.7. The Hall–Kier alpha value is -4.48. The fraction of sp³-hybridized carbons (Fsp3) is 0.459. The number of nitrogens with zero attached hydrogens (tertiary/aromatic N) is 5. The number of nitrogens with one attached hydrogen (secondary N) is 2. The van der Waals surface area contributed by atoms with E-state index in [0.29, 0.717) is 79.0 Å². The van der Waals surface area contributed by atoms with Gasteiger partial charge in [-0.05, 0) is 86.1 Å². The molecule has 0 aliphatic carbocycles. The third-order valence-corrected chi connectivity index (χ3v) is 10.4. The number of fused-ring (bicyclic) bond motifs is 1. The minimum Gasteiger partial charge on any atom is -0.480 e. The molecule has 0 spiro atoms. The number of hydrogen-bond acceptors (Lipinski definition) is 12. The highest BCUT2D eigenvalue weighted by molar-refractivity contribution is 7.92. The smallest absolute Gasteiger partial charge is 0.274 e. The molecule has 1 amide bonds. The van der Waals surface area contributed by atoms with E-state index in [4.69, 9.17) is 29.0 Å². The SMILES string of the molecule is COc1ncc(-c2nc(N3CCOCC3)nc3c(CN4CCC(c5ccc(C(=O)NOC6CCCCO6)cc5)CC4)cc(F)cc23)cc1NS(C)(=O)=O. The standard InChI is InChI=1S/C37H44FN7O7S/c1-49-36-31(43-53(2,47)48)20-27(22-39-36)33-30-21-29(38)19-28(34(30)41-37(40-33)45-14-17-50-18-15-45)23-44-12-10-25(11-13-44)24-6-8-26(9-7-24)35(46)42-52-32-5-3-4-16-51-32/h6-9,19-22,25,32,43H,3-5,10-18,23H2,1-2H3,(H,42,46). The lowest BCUT2D eigenvalue weighted by Crippen LogP contribution is -2.37. The molecular formula is C37H44FN7O7S. The van der Waals surface area contributed by atoms with Crippen LogP contribution in [-0.4, -0.2) is 99.8 Å². The lowest BCUT2D eigenvalue weighted by atomic mass is 9.88. The molecule has 1 unspecified atom stereocenters. The number of morpholine rings is 1. The number of ether oxygens (including phenoxy) is 3. The number of likely N-dealkylation sites (tertiary alicyclic amines) is 1. The summed E-state index contributed by atoms with van der Waals surface area (Å²) in [6.07, 6.45) is 6.73. The van der Waals surface area contributed by atoms with Crippen molar-refractivity contribution >= 4 is 38.5 Å². The van der Waals surface area contributed by atoms with Gasteiger partial charge in [-0.1, -0.05) is 12.1 Å². The first-order valence-electron chi connectivity index (χ1n) is 17.9. The van der Waals surface area contributed by atoms with Gasteiger partial charge in [0.2, 0.25) is 21.9 Å². The Morgan fingerprint density at radius 1 is 1.00 bits per heavy atom. The minimum atomic E-state index is -3.65. The van der Waals surface area contributed by atoms with E-state index >= 15 is 4.39 Å². The van der Waals surface area contributed by atoms with E-state index in [1.54, 1.807) is 6.07 Å². The van der Waals surface area contributed by atoms with E-state index < -0.39 is 22.1 Å². The highest BCUT2D eigenvalue weighted by atomic mass is 32.2. The topological polar surface area (TPSA) is 157 Å². The number of pyridine rings is 1. The first-order valence-corrected chi connectivity index (χ1v) is 19.8. The molecule has 282 valence electrons. The Bertz CT molecular complexity index is 2030. The molecule has 0 radical (unpaired) electrons. The molecule has 7 rings (SSSR count). The van der Waals surface area contributed by atoms with Crippen LogP contribution in [0.5, 0.6) is 5.88 Å². The summed E-state index contributed by atoms with van der Waals surface area (Å²) in [7, 11) is -2.25. The Labute approximate surface area is 308 Å². The van der Waals surface area contributed by atoms with Gasteiger partial charge in [0.15, 0.2) is 6.29 Å². The second-order valence-electron chi connectivity index (χ2n) is 13.6. The van der Waals surface area contributed by atoms with Gasteiger partial charge in [-0.25, -0.2) is 38.1 Å². The number of aromatic nitrogens is 3. The zero-order chi connectivity index (χ0) is 37.0. The van der Waals surface area contributed by atoms with Crippen LogP contribution in [0.25, 0.3) is 22.2 Å². The highest BCUT2D eigenvalue weighted by Gasteiger charge is 2.25. The number of carbonyl (C=O) groups excluding carboxylic acids is 1. The monoisotopic (exact) mass is 749 g/mol. The summed E-state index contributed by atoms with van der Waals surface area (Å²) in [5.41, 5.74) is 6.58. The third kappa shape index (κ3) is 9.01.